The van der Waals surface area contributed by atoms with Crippen LogP contribution in [0, 0.1) is 0 Å². The van der Waals surface area contributed by atoms with Crippen LogP contribution in [0.4, 0.5) is 11.5 Å². The second-order valence-electron chi connectivity index (χ2n) is 4.13. The number of aromatic carboxylic acids is 1. The topological polar surface area (TPSA) is 126 Å². The van der Waals surface area contributed by atoms with Gasteiger partial charge < -0.3 is 16.2 Å². The van der Waals surface area contributed by atoms with E-state index < -0.39 is 17.9 Å². The first-order chi connectivity index (χ1) is 8.90. The van der Waals surface area contributed by atoms with Gasteiger partial charge in [0.25, 0.3) is 5.91 Å². The van der Waals surface area contributed by atoms with E-state index in [9.17, 15) is 14.4 Å². The molecule has 2 heterocycles. The number of carbonyl (C=O) groups excluding carboxylic acids is 2. The molecule has 2 amide bonds. The van der Waals surface area contributed by atoms with Crippen LogP contribution in [0.25, 0.3) is 0 Å². The summed E-state index contributed by atoms with van der Waals surface area (Å²) >= 11 is 0. The third-order valence-electron chi connectivity index (χ3n) is 2.84. The Morgan fingerprint density at radius 2 is 2.21 bits per heavy atom. The highest BCUT2D eigenvalue weighted by atomic mass is 16.4. The summed E-state index contributed by atoms with van der Waals surface area (Å²) in [7, 11) is 1.39. The van der Waals surface area contributed by atoms with Crippen molar-refractivity contribution in [1.82, 2.24) is 9.88 Å². The Morgan fingerprint density at radius 1 is 1.53 bits per heavy atom. The molecule has 1 atom stereocenters. The van der Waals surface area contributed by atoms with Gasteiger partial charge in [0, 0.05) is 7.05 Å². The number of carboxylic acids is 1. The number of amides is 2. The van der Waals surface area contributed by atoms with Crippen molar-refractivity contribution >= 4 is 29.3 Å². The quantitative estimate of drug-likeness (QED) is 0.630. The minimum atomic E-state index is -1.20. The van der Waals surface area contributed by atoms with Crippen molar-refractivity contribution in [2.45, 2.75) is 12.5 Å². The summed E-state index contributed by atoms with van der Waals surface area (Å²) in [6, 6.07) is 1.87. The lowest BCUT2D eigenvalue weighted by Gasteiger charge is -2.13. The lowest BCUT2D eigenvalue weighted by Crippen LogP contribution is -2.32. The van der Waals surface area contributed by atoms with Crippen LogP contribution in [-0.4, -0.2) is 45.9 Å². The fourth-order valence-corrected chi connectivity index (χ4v) is 1.74. The van der Waals surface area contributed by atoms with Gasteiger partial charge in [-0.15, -0.1) is 0 Å². The van der Waals surface area contributed by atoms with Crippen molar-refractivity contribution in [3.8, 4) is 0 Å². The van der Waals surface area contributed by atoms with Crippen LogP contribution < -0.4 is 11.1 Å². The Balaban J connectivity index is 2.24. The Hall–Kier alpha value is -2.64. The van der Waals surface area contributed by atoms with Gasteiger partial charge in [-0.1, -0.05) is 0 Å². The number of imide groups is 1. The predicted molar refractivity (Wildman–Crippen MR) is 65.4 cm³/mol. The van der Waals surface area contributed by atoms with Gasteiger partial charge in [-0.2, -0.15) is 0 Å². The van der Waals surface area contributed by atoms with E-state index in [0.29, 0.717) is 0 Å². The van der Waals surface area contributed by atoms with Gasteiger partial charge in [-0.25, -0.2) is 9.78 Å². The second kappa shape index (κ2) is 4.56. The number of hydrogen-bond donors (Lipinski definition) is 3. The lowest BCUT2D eigenvalue weighted by molar-refractivity contribution is -0.136. The summed E-state index contributed by atoms with van der Waals surface area (Å²) < 4.78 is 0. The molecule has 1 unspecified atom stereocenters. The van der Waals surface area contributed by atoms with E-state index in [1.165, 1.54) is 19.2 Å². The first-order valence-electron chi connectivity index (χ1n) is 5.47. The minimum absolute atomic E-state index is 0.00620. The van der Waals surface area contributed by atoms with Gasteiger partial charge in [0.15, 0.2) is 11.5 Å². The zero-order valence-corrected chi connectivity index (χ0v) is 10.1. The highest BCUT2D eigenvalue weighted by Crippen LogP contribution is 2.21. The Labute approximate surface area is 108 Å². The van der Waals surface area contributed by atoms with Gasteiger partial charge >= 0.3 is 5.97 Å². The van der Waals surface area contributed by atoms with Crippen LogP contribution in [0.3, 0.4) is 0 Å². The van der Waals surface area contributed by atoms with E-state index in [4.69, 9.17) is 10.8 Å². The smallest absolute Gasteiger partial charge is 0.354 e. The Bertz CT molecular complexity index is 572. The number of carboxylic acid groups (broad SMARTS) is 1. The van der Waals surface area contributed by atoms with E-state index in [0.717, 1.165) is 4.90 Å². The molecule has 1 aromatic rings. The first kappa shape index (κ1) is 12.8. The number of rotatable bonds is 3. The number of nitrogens with two attached hydrogens (primary N) is 1. The fourth-order valence-electron chi connectivity index (χ4n) is 1.74. The third kappa shape index (κ3) is 2.32. The van der Waals surface area contributed by atoms with Gasteiger partial charge in [-0.3, -0.25) is 14.5 Å². The zero-order chi connectivity index (χ0) is 14.2. The van der Waals surface area contributed by atoms with Gasteiger partial charge in [0.05, 0.1) is 12.1 Å². The normalized spacial score (nSPS) is 18.8. The van der Waals surface area contributed by atoms with Crippen LogP contribution in [0.2, 0.25) is 0 Å². The molecule has 4 N–H and O–H groups in total. The van der Waals surface area contributed by atoms with Crippen molar-refractivity contribution in [3.05, 3.63) is 17.8 Å². The molecule has 1 fully saturated rings. The molecular formula is C11H12N4O4. The SMILES string of the molecule is CN1C(=O)CC(Nc2nc(C(=O)O)ccc2N)C1=O. The second-order valence-corrected chi connectivity index (χ2v) is 4.13. The third-order valence-corrected chi connectivity index (χ3v) is 2.84. The zero-order valence-electron chi connectivity index (χ0n) is 10.1. The number of anilines is 2. The molecule has 0 bridgehead atoms. The van der Waals surface area contributed by atoms with E-state index in [1.807, 2.05) is 0 Å². The maximum absolute atomic E-state index is 11.7. The van der Waals surface area contributed by atoms with Gasteiger partial charge in [0.1, 0.15) is 6.04 Å². The fraction of sp³-hybridized carbons (Fsp3) is 0.273. The Kier molecular flexibility index (Phi) is 3.07. The maximum atomic E-state index is 11.7. The van der Waals surface area contributed by atoms with Crippen LogP contribution in [0.15, 0.2) is 12.1 Å². The first-order valence-corrected chi connectivity index (χ1v) is 5.47. The van der Waals surface area contributed by atoms with Crippen molar-refractivity contribution < 1.29 is 19.5 Å². The predicted octanol–water partition coefficient (Wildman–Crippen LogP) is -0.469. The summed E-state index contributed by atoms with van der Waals surface area (Å²) in [5.74, 6) is -1.82. The molecule has 1 aliphatic heterocycles. The van der Waals surface area contributed by atoms with Crippen LogP contribution in [0.5, 0.6) is 0 Å². The minimum Gasteiger partial charge on any atom is -0.477 e. The monoisotopic (exact) mass is 264 g/mol. The number of hydrogen-bond acceptors (Lipinski definition) is 6. The molecule has 100 valence electrons. The van der Waals surface area contributed by atoms with Crippen LogP contribution >= 0.6 is 0 Å². The highest BCUT2D eigenvalue weighted by Gasteiger charge is 2.36. The maximum Gasteiger partial charge on any atom is 0.354 e. The van der Waals surface area contributed by atoms with E-state index in [2.05, 4.69) is 10.3 Å². The number of likely N-dealkylation sites (N-methyl/N-ethyl adjacent to an activating group) is 1. The molecule has 19 heavy (non-hydrogen) atoms. The number of nitrogen functional groups attached to an aromatic ring is 1. The lowest BCUT2D eigenvalue weighted by atomic mass is 10.2. The molecule has 0 aliphatic carbocycles. The number of aromatic nitrogens is 1. The molecule has 1 aliphatic rings. The van der Waals surface area contributed by atoms with Crippen molar-refractivity contribution in [1.29, 1.82) is 0 Å². The Morgan fingerprint density at radius 3 is 2.74 bits per heavy atom. The molecule has 0 radical (unpaired) electrons. The van der Waals surface area contributed by atoms with Crippen LogP contribution in [0.1, 0.15) is 16.9 Å². The van der Waals surface area contributed by atoms with Crippen LogP contribution in [-0.2, 0) is 9.59 Å². The average molecular weight is 264 g/mol. The molecule has 2 rings (SSSR count). The molecule has 0 aromatic carbocycles. The molecule has 8 heteroatoms. The number of pyridine rings is 1. The molecule has 0 spiro atoms. The van der Waals surface area contributed by atoms with Crippen molar-refractivity contribution in [3.63, 3.8) is 0 Å². The van der Waals surface area contributed by atoms with E-state index in [-0.39, 0.29) is 29.5 Å². The molecule has 1 aromatic heterocycles. The standard InChI is InChI=1S/C11H12N4O4/c1-15-8(16)4-7(10(15)17)14-9-5(12)2-3-6(13-9)11(18)19/h2-3,7H,4,12H2,1H3,(H,13,14)(H,18,19). The van der Waals surface area contributed by atoms with Crippen molar-refractivity contribution in [2.24, 2.45) is 0 Å². The summed E-state index contributed by atoms with van der Waals surface area (Å²) in [6.45, 7) is 0. The molecule has 0 saturated carbocycles. The van der Waals surface area contributed by atoms with Crippen molar-refractivity contribution in [2.75, 3.05) is 18.1 Å². The number of nitrogens with one attached hydrogen (secondary N) is 1. The molecular weight excluding hydrogens is 252 g/mol. The number of carbonyl (C=O) groups is 3. The summed E-state index contributed by atoms with van der Waals surface area (Å²) in [4.78, 5) is 38.7. The molecule has 8 nitrogen and oxygen atoms in total. The number of likely N-dealkylation sites (tertiary alicyclic amines) is 1. The van der Waals surface area contributed by atoms with Gasteiger partial charge in [-0.05, 0) is 12.1 Å². The highest BCUT2D eigenvalue weighted by molar-refractivity contribution is 6.06. The number of nitrogens with zero attached hydrogens (tertiary/aromatic N) is 2. The van der Waals surface area contributed by atoms with Gasteiger partial charge in [0.2, 0.25) is 5.91 Å². The summed E-state index contributed by atoms with van der Waals surface area (Å²) in [6.07, 6.45) is -0.00620. The summed E-state index contributed by atoms with van der Waals surface area (Å²) in [5, 5.41) is 11.5. The van der Waals surface area contributed by atoms with E-state index >= 15 is 0 Å². The molecule has 1 saturated heterocycles. The van der Waals surface area contributed by atoms with E-state index in [1.54, 1.807) is 0 Å². The summed E-state index contributed by atoms with van der Waals surface area (Å²) in [5.41, 5.74) is 5.67. The average Bonchev–Trinajstić information content (AvgIpc) is 2.59. The largest absolute Gasteiger partial charge is 0.477 e.